The minimum absolute atomic E-state index is 0.590. The number of rotatable bonds is 4. The zero-order chi connectivity index (χ0) is 36.7. The molecule has 3 aromatic heterocycles. The van der Waals surface area contributed by atoms with E-state index < -0.39 is 0 Å². The first-order valence-corrected chi connectivity index (χ1v) is 18.8. The molecule has 0 bridgehead atoms. The Morgan fingerprint density at radius 1 is 0.286 bits per heavy atom. The Hall–Kier alpha value is -7.63. The topological polar surface area (TPSA) is 65.0 Å². The van der Waals surface area contributed by atoms with E-state index >= 15 is 0 Å². The Morgan fingerprint density at radius 3 is 1.54 bits per heavy atom. The minimum Gasteiger partial charge on any atom is -0.456 e. The third-order valence-electron chi connectivity index (χ3n) is 11.1. The van der Waals surface area contributed by atoms with E-state index in [0.717, 1.165) is 98.6 Å². The first kappa shape index (κ1) is 30.8. The van der Waals surface area contributed by atoms with Crippen LogP contribution in [0.1, 0.15) is 0 Å². The average molecular weight is 716 g/mol. The number of hydrogen-bond acceptors (Lipinski definition) is 5. The van der Waals surface area contributed by atoms with Crippen molar-refractivity contribution in [3.8, 4) is 45.3 Å². The van der Waals surface area contributed by atoms with E-state index in [2.05, 4.69) is 127 Å². The molecule has 5 heteroatoms. The highest BCUT2D eigenvalue weighted by Crippen LogP contribution is 2.40. The number of fused-ring (bicyclic) bond motifs is 10. The Kier molecular flexibility index (Phi) is 6.56. The SMILES string of the molecule is c1ccc2c(c1)cc(-c1nc(-c3ccc4ccc(-c5cccc6oc7ccccc7c56)cc4c3)nc(-c3cccc4oc5ccccc5c34)n1)c1ccccc12. The van der Waals surface area contributed by atoms with Crippen LogP contribution in [0.2, 0.25) is 0 Å². The lowest BCUT2D eigenvalue weighted by molar-refractivity contribution is 0.668. The highest BCUT2D eigenvalue weighted by molar-refractivity contribution is 6.15. The van der Waals surface area contributed by atoms with Crippen molar-refractivity contribution in [2.24, 2.45) is 0 Å². The zero-order valence-corrected chi connectivity index (χ0v) is 29.9. The van der Waals surface area contributed by atoms with E-state index in [4.69, 9.17) is 23.8 Å². The Balaban J connectivity index is 1.10. The quantitative estimate of drug-likeness (QED) is 0.170. The van der Waals surface area contributed by atoms with Gasteiger partial charge in [0.15, 0.2) is 17.5 Å². The lowest BCUT2D eigenvalue weighted by Crippen LogP contribution is -2.01. The predicted molar refractivity (Wildman–Crippen MR) is 229 cm³/mol. The van der Waals surface area contributed by atoms with Crippen LogP contribution in [-0.2, 0) is 0 Å². The van der Waals surface area contributed by atoms with Gasteiger partial charge in [-0.05, 0) is 85.9 Å². The number of aromatic nitrogens is 3. The molecule has 12 rings (SSSR count). The molecule has 9 aromatic carbocycles. The van der Waals surface area contributed by atoms with Gasteiger partial charge in [0.1, 0.15) is 22.3 Å². The number of nitrogens with zero attached hydrogens (tertiary/aromatic N) is 3. The molecule has 0 aliphatic carbocycles. The van der Waals surface area contributed by atoms with Crippen LogP contribution in [0.4, 0.5) is 0 Å². The molecule has 0 aliphatic heterocycles. The Morgan fingerprint density at radius 2 is 0.804 bits per heavy atom. The summed E-state index contributed by atoms with van der Waals surface area (Å²) in [4.78, 5) is 15.8. The van der Waals surface area contributed by atoms with Crippen molar-refractivity contribution < 1.29 is 8.83 Å². The third-order valence-corrected chi connectivity index (χ3v) is 11.1. The number of para-hydroxylation sites is 2. The Bertz CT molecular complexity index is 3560. The summed E-state index contributed by atoms with van der Waals surface area (Å²) in [5, 5.41) is 11.0. The van der Waals surface area contributed by atoms with Crippen molar-refractivity contribution in [3.05, 3.63) is 176 Å². The van der Waals surface area contributed by atoms with Gasteiger partial charge in [-0.1, -0.05) is 133 Å². The van der Waals surface area contributed by atoms with Gasteiger partial charge in [-0.25, -0.2) is 15.0 Å². The predicted octanol–water partition coefficient (Wildman–Crippen LogP) is 13.8. The fraction of sp³-hybridized carbons (Fsp3) is 0. The third kappa shape index (κ3) is 4.71. The standard InChI is InChI=1S/C51H29N3O2/c1-2-12-35-31(11-1)29-42(38-14-4-3-13-37(35)38)51-53-49(52-50(54-51)41-18-10-22-46-48(41)40-16-6-8-20-44(40)56-46)33-26-24-30-23-25-32(27-34(30)28-33)36-17-9-21-45-47(36)39-15-5-7-19-43(39)55-45/h1-29H. The van der Waals surface area contributed by atoms with Gasteiger partial charge in [-0.3, -0.25) is 0 Å². The van der Waals surface area contributed by atoms with Crippen LogP contribution < -0.4 is 0 Å². The minimum atomic E-state index is 0.590. The summed E-state index contributed by atoms with van der Waals surface area (Å²) in [7, 11) is 0. The molecule has 0 saturated carbocycles. The average Bonchev–Trinajstić information content (AvgIpc) is 3.84. The Labute approximate surface area is 320 Å². The maximum atomic E-state index is 6.31. The van der Waals surface area contributed by atoms with Crippen LogP contribution in [0.5, 0.6) is 0 Å². The smallest absolute Gasteiger partial charge is 0.164 e. The van der Waals surface area contributed by atoms with Crippen molar-refractivity contribution in [2.45, 2.75) is 0 Å². The molecule has 0 amide bonds. The van der Waals surface area contributed by atoms with Crippen molar-refractivity contribution in [1.29, 1.82) is 0 Å². The summed E-state index contributed by atoms with van der Waals surface area (Å²) < 4.78 is 12.6. The monoisotopic (exact) mass is 715 g/mol. The van der Waals surface area contributed by atoms with Gasteiger partial charge in [0.2, 0.25) is 0 Å². The molecule has 0 unspecified atom stereocenters. The molecule has 260 valence electrons. The molecule has 0 fully saturated rings. The number of hydrogen-bond donors (Lipinski definition) is 0. The van der Waals surface area contributed by atoms with Crippen LogP contribution in [0.3, 0.4) is 0 Å². The van der Waals surface area contributed by atoms with E-state index in [0.29, 0.717) is 17.5 Å². The molecule has 56 heavy (non-hydrogen) atoms. The van der Waals surface area contributed by atoms with Gasteiger partial charge in [0.05, 0.1) is 0 Å². The van der Waals surface area contributed by atoms with Crippen molar-refractivity contribution in [3.63, 3.8) is 0 Å². The molecule has 0 N–H and O–H groups in total. The van der Waals surface area contributed by atoms with Crippen molar-refractivity contribution >= 4 is 76.2 Å². The fourth-order valence-electron chi connectivity index (χ4n) is 8.51. The molecular weight excluding hydrogens is 687 g/mol. The van der Waals surface area contributed by atoms with E-state index in [9.17, 15) is 0 Å². The summed E-state index contributed by atoms with van der Waals surface area (Å²) >= 11 is 0. The van der Waals surface area contributed by atoms with E-state index in [1.54, 1.807) is 0 Å². The number of benzene rings is 9. The van der Waals surface area contributed by atoms with Crippen molar-refractivity contribution in [2.75, 3.05) is 0 Å². The van der Waals surface area contributed by atoms with Crippen LogP contribution >= 0.6 is 0 Å². The summed E-state index contributed by atoms with van der Waals surface area (Å²) in [6.45, 7) is 0. The number of furan rings is 2. The lowest BCUT2D eigenvalue weighted by Gasteiger charge is -2.13. The second-order valence-electron chi connectivity index (χ2n) is 14.3. The largest absolute Gasteiger partial charge is 0.456 e. The van der Waals surface area contributed by atoms with Gasteiger partial charge in [0.25, 0.3) is 0 Å². The molecule has 12 aromatic rings. The van der Waals surface area contributed by atoms with Gasteiger partial charge in [-0.2, -0.15) is 0 Å². The first-order chi connectivity index (χ1) is 27.7. The highest BCUT2D eigenvalue weighted by atomic mass is 16.3. The molecule has 0 atom stereocenters. The summed E-state index contributed by atoms with van der Waals surface area (Å²) in [6, 6.07) is 61.1. The first-order valence-electron chi connectivity index (χ1n) is 18.8. The molecule has 5 nitrogen and oxygen atoms in total. The normalized spacial score (nSPS) is 11.9. The van der Waals surface area contributed by atoms with Gasteiger partial charge in [0, 0.05) is 38.2 Å². The summed E-state index contributed by atoms with van der Waals surface area (Å²) in [6.07, 6.45) is 0. The highest BCUT2D eigenvalue weighted by Gasteiger charge is 2.20. The van der Waals surface area contributed by atoms with Crippen LogP contribution in [-0.4, -0.2) is 15.0 Å². The molecule has 0 spiro atoms. The van der Waals surface area contributed by atoms with Crippen LogP contribution in [0, 0.1) is 0 Å². The van der Waals surface area contributed by atoms with Crippen LogP contribution in [0.25, 0.3) is 121 Å². The second-order valence-corrected chi connectivity index (χ2v) is 14.3. The van der Waals surface area contributed by atoms with Crippen LogP contribution in [0.15, 0.2) is 185 Å². The molecule has 0 aliphatic rings. The molecule has 3 heterocycles. The second kappa shape index (κ2) is 11.9. The fourth-order valence-corrected chi connectivity index (χ4v) is 8.51. The lowest BCUT2D eigenvalue weighted by atomic mass is 9.96. The maximum absolute atomic E-state index is 6.31. The maximum Gasteiger partial charge on any atom is 0.164 e. The van der Waals surface area contributed by atoms with E-state index in [-0.39, 0.29) is 0 Å². The van der Waals surface area contributed by atoms with E-state index in [1.807, 2.05) is 48.5 Å². The van der Waals surface area contributed by atoms with Gasteiger partial charge < -0.3 is 8.83 Å². The molecule has 0 radical (unpaired) electrons. The summed E-state index contributed by atoms with van der Waals surface area (Å²) in [5.41, 5.74) is 8.39. The van der Waals surface area contributed by atoms with Crippen molar-refractivity contribution in [1.82, 2.24) is 15.0 Å². The summed E-state index contributed by atoms with van der Waals surface area (Å²) in [5.74, 6) is 1.80. The van der Waals surface area contributed by atoms with Gasteiger partial charge >= 0.3 is 0 Å². The van der Waals surface area contributed by atoms with E-state index in [1.165, 1.54) is 5.39 Å². The zero-order valence-electron chi connectivity index (χ0n) is 29.9. The molecule has 0 saturated heterocycles. The molecular formula is C51H29N3O2. The van der Waals surface area contributed by atoms with Gasteiger partial charge in [-0.15, -0.1) is 0 Å².